The molecule has 0 bridgehead atoms. The van der Waals surface area contributed by atoms with E-state index in [4.69, 9.17) is 9.15 Å². The third kappa shape index (κ3) is 3.61. The Morgan fingerprint density at radius 1 is 1.32 bits per heavy atom. The van der Waals surface area contributed by atoms with E-state index in [-0.39, 0.29) is 5.97 Å². The monoisotopic (exact) mass is 381 g/mol. The van der Waals surface area contributed by atoms with Gasteiger partial charge in [0.2, 0.25) is 5.89 Å². The molecule has 0 radical (unpaired) electrons. The average Bonchev–Trinajstić information content (AvgIpc) is 3.42. The molecular formula is C18H19N7O3. The third-order valence-corrected chi connectivity index (χ3v) is 4.21. The van der Waals surface area contributed by atoms with Gasteiger partial charge in [-0.05, 0) is 25.8 Å². The van der Waals surface area contributed by atoms with Gasteiger partial charge in [0.05, 0.1) is 19.0 Å². The Balaban J connectivity index is 1.50. The molecule has 10 heteroatoms. The van der Waals surface area contributed by atoms with Gasteiger partial charge in [0.15, 0.2) is 11.5 Å². The van der Waals surface area contributed by atoms with Crippen LogP contribution in [0.1, 0.15) is 30.3 Å². The number of aromatic nitrogens is 7. The van der Waals surface area contributed by atoms with Gasteiger partial charge in [-0.2, -0.15) is 5.10 Å². The number of esters is 1. The van der Waals surface area contributed by atoms with Crippen LogP contribution < -0.4 is 0 Å². The van der Waals surface area contributed by atoms with Crippen LogP contribution in [0.2, 0.25) is 0 Å². The molecule has 4 aromatic rings. The highest BCUT2D eigenvalue weighted by Gasteiger charge is 2.15. The fraction of sp³-hybridized carbons (Fsp3) is 0.333. The van der Waals surface area contributed by atoms with E-state index >= 15 is 0 Å². The van der Waals surface area contributed by atoms with Crippen LogP contribution in [0.4, 0.5) is 0 Å². The summed E-state index contributed by atoms with van der Waals surface area (Å²) >= 11 is 0. The minimum atomic E-state index is -0.206. The predicted molar refractivity (Wildman–Crippen MR) is 97.3 cm³/mol. The lowest BCUT2D eigenvalue weighted by Gasteiger charge is -2.00. The molecule has 10 nitrogen and oxygen atoms in total. The number of hydrogen-bond acceptors (Lipinski definition) is 8. The van der Waals surface area contributed by atoms with Crippen LogP contribution in [-0.2, 0) is 22.5 Å². The minimum absolute atomic E-state index is 0.206. The number of rotatable bonds is 7. The van der Waals surface area contributed by atoms with E-state index in [0.717, 1.165) is 11.1 Å². The zero-order valence-electron chi connectivity index (χ0n) is 15.6. The van der Waals surface area contributed by atoms with Gasteiger partial charge in [0.1, 0.15) is 24.8 Å². The molecule has 0 unspecified atom stereocenters. The molecule has 0 aliphatic carbocycles. The van der Waals surface area contributed by atoms with Crippen molar-refractivity contribution in [3.05, 3.63) is 48.1 Å². The van der Waals surface area contributed by atoms with Crippen molar-refractivity contribution < 1.29 is 13.9 Å². The Morgan fingerprint density at radius 2 is 2.21 bits per heavy atom. The number of carbonyl (C=O) groups excluding carboxylic acids is 1. The molecule has 0 spiro atoms. The number of carbonyl (C=O) groups is 1. The average molecular weight is 381 g/mol. The van der Waals surface area contributed by atoms with Gasteiger partial charge in [-0.1, -0.05) is 0 Å². The molecule has 144 valence electrons. The Bertz CT molecular complexity index is 1100. The fourth-order valence-corrected chi connectivity index (χ4v) is 2.89. The van der Waals surface area contributed by atoms with Crippen molar-refractivity contribution in [2.45, 2.75) is 33.2 Å². The smallest absolute Gasteiger partial charge is 0.306 e. The number of hydrogen-bond donors (Lipinski definition) is 0. The topological polar surface area (TPSA) is 113 Å². The number of fused-ring (bicyclic) bond motifs is 1. The maximum absolute atomic E-state index is 11.5. The van der Waals surface area contributed by atoms with Crippen molar-refractivity contribution >= 4 is 11.6 Å². The predicted octanol–water partition coefficient (Wildman–Crippen LogP) is 1.83. The molecule has 4 rings (SSSR count). The highest BCUT2D eigenvalue weighted by atomic mass is 16.5. The number of ether oxygens (including phenoxy) is 1. The number of nitrogens with zero attached hydrogens (tertiary/aromatic N) is 7. The molecule has 0 aliphatic rings. The Hall–Kier alpha value is -3.56. The van der Waals surface area contributed by atoms with Crippen LogP contribution in [0.3, 0.4) is 0 Å². The van der Waals surface area contributed by atoms with Crippen molar-refractivity contribution in [2.75, 3.05) is 6.61 Å². The third-order valence-electron chi connectivity index (χ3n) is 4.21. The quantitative estimate of drug-likeness (QED) is 0.446. The lowest BCUT2D eigenvalue weighted by molar-refractivity contribution is -0.143. The molecule has 0 saturated heterocycles. The van der Waals surface area contributed by atoms with Gasteiger partial charge in [-0.25, -0.2) is 19.5 Å². The van der Waals surface area contributed by atoms with E-state index in [9.17, 15) is 4.79 Å². The van der Waals surface area contributed by atoms with Gasteiger partial charge < -0.3 is 9.15 Å². The molecule has 4 aromatic heterocycles. The zero-order valence-corrected chi connectivity index (χ0v) is 15.6. The summed E-state index contributed by atoms with van der Waals surface area (Å²) in [5.74, 6) is 0.847. The second kappa shape index (κ2) is 7.59. The van der Waals surface area contributed by atoms with Crippen molar-refractivity contribution in [3.8, 4) is 11.6 Å². The first-order valence-corrected chi connectivity index (χ1v) is 8.91. The lowest BCUT2D eigenvalue weighted by atomic mass is 10.2. The SMILES string of the molecule is CCOC(=O)CCc1cnn(Cc2nc3c(C)c(-c4ncco4)ncn3n2)c1. The minimum Gasteiger partial charge on any atom is -0.466 e. The molecule has 0 aromatic carbocycles. The van der Waals surface area contributed by atoms with E-state index in [1.54, 1.807) is 34.8 Å². The molecule has 4 heterocycles. The standard InChI is InChI=1S/C18H19N7O3/c1-3-27-15(26)5-4-13-8-21-24(9-13)10-14-22-17-12(2)16(18-19-6-7-28-18)20-11-25(17)23-14/h6-9,11H,3-5,10H2,1-2H3. The Labute approximate surface area is 160 Å². The van der Waals surface area contributed by atoms with E-state index in [1.165, 1.54) is 6.26 Å². The molecule has 28 heavy (non-hydrogen) atoms. The van der Waals surface area contributed by atoms with E-state index in [0.29, 0.717) is 49.0 Å². The molecule has 0 atom stereocenters. The highest BCUT2D eigenvalue weighted by molar-refractivity contribution is 5.69. The highest BCUT2D eigenvalue weighted by Crippen LogP contribution is 2.21. The van der Waals surface area contributed by atoms with E-state index in [1.807, 2.05) is 13.1 Å². The van der Waals surface area contributed by atoms with Crippen LogP contribution in [-0.4, -0.2) is 46.9 Å². The number of oxazole rings is 1. The first kappa shape index (κ1) is 17.8. The van der Waals surface area contributed by atoms with Gasteiger partial charge >= 0.3 is 5.97 Å². The van der Waals surface area contributed by atoms with E-state index in [2.05, 4.69) is 25.1 Å². The molecular weight excluding hydrogens is 362 g/mol. The second-order valence-corrected chi connectivity index (χ2v) is 6.20. The van der Waals surface area contributed by atoms with Crippen LogP contribution in [0.5, 0.6) is 0 Å². The molecule has 0 aliphatic heterocycles. The first-order valence-electron chi connectivity index (χ1n) is 8.91. The summed E-state index contributed by atoms with van der Waals surface area (Å²) in [6.45, 7) is 4.50. The Kier molecular flexibility index (Phi) is 4.83. The molecule has 0 amide bonds. The normalized spacial score (nSPS) is 11.2. The fourth-order valence-electron chi connectivity index (χ4n) is 2.89. The van der Waals surface area contributed by atoms with Crippen LogP contribution in [0, 0.1) is 6.92 Å². The maximum Gasteiger partial charge on any atom is 0.306 e. The molecule has 0 fully saturated rings. The van der Waals surface area contributed by atoms with Crippen LogP contribution >= 0.6 is 0 Å². The summed E-state index contributed by atoms with van der Waals surface area (Å²) in [5.41, 5.74) is 3.12. The zero-order chi connectivity index (χ0) is 19.5. The number of aryl methyl sites for hydroxylation is 2. The van der Waals surface area contributed by atoms with Crippen molar-refractivity contribution in [3.63, 3.8) is 0 Å². The van der Waals surface area contributed by atoms with E-state index < -0.39 is 0 Å². The summed E-state index contributed by atoms with van der Waals surface area (Å²) in [6.07, 6.45) is 9.21. The van der Waals surface area contributed by atoms with Gasteiger partial charge in [0.25, 0.3) is 0 Å². The summed E-state index contributed by atoms with van der Waals surface area (Å²) in [6, 6.07) is 0. The van der Waals surface area contributed by atoms with Crippen molar-refractivity contribution in [1.29, 1.82) is 0 Å². The summed E-state index contributed by atoms with van der Waals surface area (Å²) < 4.78 is 13.6. The van der Waals surface area contributed by atoms with Crippen molar-refractivity contribution in [1.82, 2.24) is 34.3 Å². The summed E-state index contributed by atoms with van der Waals surface area (Å²) in [4.78, 5) is 24.6. The van der Waals surface area contributed by atoms with Gasteiger partial charge in [0, 0.05) is 18.2 Å². The van der Waals surface area contributed by atoms with Gasteiger partial charge in [-0.15, -0.1) is 5.10 Å². The Morgan fingerprint density at radius 3 is 3.00 bits per heavy atom. The largest absolute Gasteiger partial charge is 0.466 e. The van der Waals surface area contributed by atoms with Crippen LogP contribution in [0.15, 0.2) is 35.6 Å². The lowest BCUT2D eigenvalue weighted by Crippen LogP contribution is -2.05. The summed E-state index contributed by atoms with van der Waals surface area (Å²) in [5, 5.41) is 8.78. The van der Waals surface area contributed by atoms with Gasteiger partial charge in [-0.3, -0.25) is 9.48 Å². The van der Waals surface area contributed by atoms with Crippen molar-refractivity contribution in [2.24, 2.45) is 0 Å². The molecule has 0 N–H and O–H groups in total. The maximum atomic E-state index is 11.5. The van der Waals surface area contributed by atoms with Crippen LogP contribution in [0.25, 0.3) is 17.2 Å². The summed E-state index contributed by atoms with van der Waals surface area (Å²) in [7, 11) is 0. The first-order chi connectivity index (χ1) is 13.6. The molecule has 0 saturated carbocycles. The second-order valence-electron chi connectivity index (χ2n) is 6.20.